The Kier molecular flexibility index (Phi) is 8.82. The number of hydrogen-bond donors (Lipinski definition) is 1. The van der Waals surface area contributed by atoms with Gasteiger partial charge in [0.05, 0.1) is 10.6 Å². The molecule has 0 fully saturated rings. The maximum absolute atomic E-state index is 13.7. The van der Waals surface area contributed by atoms with Crippen LogP contribution in [-0.4, -0.2) is 44.3 Å². The minimum absolute atomic E-state index is 0.121. The van der Waals surface area contributed by atoms with Crippen molar-refractivity contribution in [3.8, 4) is 0 Å². The first kappa shape index (κ1) is 26.9. The van der Waals surface area contributed by atoms with Crippen LogP contribution in [0.15, 0.2) is 83.8 Å². The average Bonchev–Trinajstić information content (AvgIpc) is 2.87. The van der Waals surface area contributed by atoms with Gasteiger partial charge in [0.1, 0.15) is 18.4 Å². The number of carbonyl (C=O) groups excluding carboxylic acids is 2. The molecule has 0 aliphatic carbocycles. The highest BCUT2D eigenvalue weighted by Gasteiger charge is 2.32. The maximum atomic E-state index is 13.7. The van der Waals surface area contributed by atoms with Crippen LogP contribution >= 0.6 is 0 Å². The zero-order valence-electron chi connectivity index (χ0n) is 20.5. The van der Waals surface area contributed by atoms with Crippen LogP contribution in [0.5, 0.6) is 0 Å². The number of aryl methyl sites for hydroxylation is 1. The Labute approximate surface area is 211 Å². The van der Waals surface area contributed by atoms with Crippen LogP contribution in [0.2, 0.25) is 0 Å². The first-order chi connectivity index (χ1) is 17.1. The van der Waals surface area contributed by atoms with Crippen LogP contribution in [0, 0.1) is 12.7 Å². The summed E-state index contributed by atoms with van der Waals surface area (Å²) in [6.07, 6.45) is 0. The molecule has 0 heterocycles. The second kappa shape index (κ2) is 11.8. The summed E-state index contributed by atoms with van der Waals surface area (Å²) in [5.74, 6) is -1.47. The van der Waals surface area contributed by atoms with Gasteiger partial charge >= 0.3 is 0 Å². The molecular formula is C27H30FN3O4S. The lowest BCUT2D eigenvalue weighted by atomic mass is 10.1. The maximum Gasteiger partial charge on any atom is 0.264 e. The molecule has 0 spiro atoms. The standard InChI is InChI=1S/C27H30FN3O4S/c1-4-29-27(33)21(3)30(18-22-8-6-5-7-9-22)26(32)19-31(24-14-10-20(2)11-15-24)36(34,35)25-16-12-23(28)13-17-25/h5-17,21H,4,18-19H2,1-3H3,(H,29,33)/t21-/m0/s1. The molecule has 2 amide bonds. The molecule has 0 saturated heterocycles. The molecule has 36 heavy (non-hydrogen) atoms. The third-order valence-electron chi connectivity index (χ3n) is 5.72. The zero-order valence-corrected chi connectivity index (χ0v) is 21.3. The van der Waals surface area contributed by atoms with E-state index >= 15 is 0 Å². The van der Waals surface area contributed by atoms with Gasteiger partial charge in [-0.3, -0.25) is 13.9 Å². The van der Waals surface area contributed by atoms with E-state index in [4.69, 9.17) is 0 Å². The average molecular weight is 512 g/mol. The third kappa shape index (κ3) is 6.48. The molecule has 0 aliphatic rings. The van der Waals surface area contributed by atoms with E-state index in [0.717, 1.165) is 39.7 Å². The van der Waals surface area contributed by atoms with Gasteiger partial charge in [-0.25, -0.2) is 12.8 Å². The number of carbonyl (C=O) groups is 2. The summed E-state index contributed by atoms with van der Waals surface area (Å²) < 4.78 is 41.7. The summed E-state index contributed by atoms with van der Waals surface area (Å²) in [6, 6.07) is 19.5. The molecule has 1 N–H and O–H groups in total. The number of likely N-dealkylation sites (N-methyl/N-ethyl adjacent to an activating group) is 1. The normalized spacial score (nSPS) is 12.0. The lowest BCUT2D eigenvalue weighted by Crippen LogP contribution is -2.51. The molecule has 3 aromatic rings. The van der Waals surface area contributed by atoms with Crippen LogP contribution in [0.3, 0.4) is 0 Å². The minimum atomic E-state index is -4.22. The Hall–Kier alpha value is -3.72. The first-order valence-electron chi connectivity index (χ1n) is 11.6. The second-order valence-electron chi connectivity index (χ2n) is 8.38. The van der Waals surface area contributed by atoms with Crippen molar-refractivity contribution >= 4 is 27.5 Å². The molecule has 0 saturated carbocycles. The number of nitrogens with zero attached hydrogens (tertiary/aromatic N) is 2. The van der Waals surface area contributed by atoms with Crippen molar-refractivity contribution in [1.29, 1.82) is 0 Å². The van der Waals surface area contributed by atoms with Gasteiger partial charge in [0, 0.05) is 13.1 Å². The summed E-state index contributed by atoms with van der Waals surface area (Å²) in [7, 11) is -4.22. The lowest BCUT2D eigenvalue weighted by molar-refractivity contribution is -0.139. The van der Waals surface area contributed by atoms with Crippen molar-refractivity contribution in [3.63, 3.8) is 0 Å². The van der Waals surface area contributed by atoms with E-state index in [-0.39, 0.29) is 23.0 Å². The molecule has 7 nitrogen and oxygen atoms in total. The molecular weight excluding hydrogens is 481 g/mol. The minimum Gasteiger partial charge on any atom is -0.355 e. The number of benzene rings is 3. The fourth-order valence-electron chi connectivity index (χ4n) is 3.66. The van der Waals surface area contributed by atoms with Crippen LogP contribution in [-0.2, 0) is 26.2 Å². The highest BCUT2D eigenvalue weighted by molar-refractivity contribution is 7.92. The number of rotatable bonds is 10. The fraction of sp³-hybridized carbons (Fsp3) is 0.259. The Morgan fingerprint density at radius 1 is 0.944 bits per heavy atom. The Morgan fingerprint density at radius 2 is 1.56 bits per heavy atom. The SMILES string of the molecule is CCNC(=O)[C@H](C)N(Cc1ccccc1)C(=O)CN(c1ccc(C)cc1)S(=O)(=O)c1ccc(F)cc1. The molecule has 0 unspecified atom stereocenters. The Balaban J connectivity index is 2.01. The van der Waals surface area contributed by atoms with Gasteiger partial charge < -0.3 is 10.2 Å². The molecule has 0 radical (unpaired) electrons. The van der Waals surface area contributed by atoms with E-state index < -0.39 is 34.3 Å². The number of hydrogen-bond acceptors (Lipinski definition) is 4. The van der Waals surface area contributed by atoms with Crippen molar-refractivity contribution in [3.05, 3.63) is 95.8 Å². The van der Waals surface area contributed by atoms with E-state index in [1.807, 2.05) is 37.3 Å². The lowest BCUT2D eigenvalue weighted by Gasteiger charge is -2.32. The van der Waals surface area contributed by atoms with Gasteiger partial charge in [0.25, 0.3) is 10.0 Å². The monoisotopic (exact) mass is 511 g/mol. The number of sulfonamides is 1. The van der Waals surface area contributed by atoms with Gasteiger partial charge in [0.2, 0.25) is 11.8 Å². The topological polar surface area (TPSA) is 86.8 Å². The van der Waals surface area contributed by atoms with Crippen molar-refractivity contribution in [2.75, 3.05) is 17.4 Å². The first-order valence-corrected chi connectivity index (χ1v) is 13.0. The predicted octanol–water partition coefficient (Wildman–Crippen LogP) is 3.88. The highest BCUT2D eigenvalue weighted by atomic mass is 32.2. The molecule has 0 aliphatic heterocycles. The van der Waals surface area contributed by atoms with E-state index in [0.29, 0.717) is 6.54 Å². The second-order valence-corrected chi connectivity index (χ2v) is 10.2. The van der Waals surface area contributed by atoms with Gasteiger partial charge in [-0.05, 0) is 62.7 Å². The quantitative estimate of drug-likeness (QED) is 0.448. The molecule has 1 atom stereocenters. The van der Waals surface area contributed by atoms with Gasteiger partial charge in [-0.15, -0.1) is 0 Å². The van der Waals surface area contributed by atoms with Gasteiger partial charge in [0.15, 0.2) is 0 Å². The van der Waals surface area contributed by atoms with Crippen molar-refractivity contribution in [2.45, 2.75) is 38.3 Å². The number of anilines is 1. The number of halogens is 1. The highest BCUT2D eigenvalue weighted by Crippen LogP contribution is 2.25. The van der Waals surface area contributed by atoms with E-state index in [9.17, 15) is 22.4 Å². The smallest absolute Gasteiger partial charge is 0.264 e. The molecule has 3 rings (SSSR count). The summed E-state index contributed by atoms with van der Waals surface area (Å²) in [5, 5.41) is 2.72. The van der Waals surface area contributed by atoms with Crippen LogP contribution < -0.4 is 9.62 Å². The summed E-state index contributed by atoms with van der Waals surface area (Å²) in [6.45, 7) is 5.23. The number of amides is 2. The zero-order chi connectivity index (χ0) is 26.3. The Bertz CT molecular complexity index is 1280. The van der Waals surface area contributed by atoms with Gasteiger partial charge in [-0.1, -0.05) is 48.0 Å². The fourth-order valence-corrected chi connectivity index (χ4v) is 5.07. The van der Waals surface area contributed by atoms with E-state index in [1.165, 1.54) is 4.90 Å². The largest absolute Gasteiger partial charge is 0.355 e. The number of nitrogens with one attached hydrogen (secondary N) is 1. The molecule has 3 aromatic carbocycles. The summed E-state index contributed by atoms with van der Waals surface area (Å²) >= 11 is 0. The van der Waals surface area contributed by atoms with Crippen molar-refractivity contribution < 1.29 is 22.4 Å². The van der Waals surface area contributed by atoms with Crippen LogP contribution in [0.1, 0.15) is 25.0 Å². The van der Waals surface area contributed by atoms with E-state index in [1.54, 1.807) is 38.1 Å². The molecule has 0 bridgehead atoms. The summed E-state index contributed by atoms with van der Waals surface area (Å²) in [5.41, 5.74) is 1.99. The predicted molar refractivity (Wildman–Crippen MR) is 137 cm³/mol. The van der Waals surface area contributed by atoms with Crippen LogP contribution in [0.4, 0.5) is 10.1 Å². The van der Waals surface area contributed by atoms with Crippen LogP contribution in [0.25, 0.3) is 0 Å². The summed E-state index contributed by atoms with van der Waals surface area (Å²) in [4.78, 5) is 27.5. The molecule has 9 heteroatoms. The van der Waals surface area contributed by atoms with E-state index in [2.05, 4.69) is 5.32 Å². The molecule has 0 aromatic heterocycles. The molecule has 190 valence electrons. The Morgan fingerprint density at radius 3 is 2.14 bits per heavy atom. The van der Waals surface area contributed by atoms with Gasteiger partial charge in [-0.2, -0.15) is 0 Å². The van der Waals surface area contributed by atoms with Crippen molar-refractivity contribution in [2.24, 2.45) is 0 Å². The van der Waals surface area contributed by atoms with Crippen molar-refractivity contribution in [1.82, 2.24) is 10.2 Å². The third-order valence-corrected chi connectivity index (χ3v) is 7.50.